The second-order valence-electron chi connectivity index (χ2n) is 6.17. The monoisotopic (exact) mass is 241 g/mol. The summed E-state index contributed by atoms with van der Waals surface area (Å²) in [6.45, 7) is 12.6. The van der Waals surface area contributed by atoms with E-state index >= 15 is 0 Å². The summed E-state index contributed by atoms with van der Waals surface area (Å²) < 4.78 is 0. The minimum atomic E-state index is 0.700. The molecule has 1 rings (SSSR count). The largest absolute Gasteiger partial charge is 0.330 e. The lowest BCUT2D eigenvalue weighted by atomic mass is 9.94. The van der Waals surface area contributed by atoms with Crippen LogP contribution in [0.2, 0.25) is 0 Å². The minimum Gasteiger partial charge on any atom is -0.330 e. The van der Waals surface area contributed by atoms with Gasteiger partial charge in [0, 0.05) is 25.7 Å². The van der Waals surface area contributed by atoms with Gasteiger partial charge in [0.25, 0.3) is 0 Å². The first-order chi connectivity index (χ1) is 8.02. The topological polar surface area (TPSA) is 32.5 Å². The Labute approximate surface area is 107 Å². The maximum absolute atomic E-state index is 5.87. The predicted octanol–water partition coefficient (Wildman–Crippen LogP) is 1.63. The van der Waals surface area contributed by atoms with E-state index in [2.05, 4.69) is 37.6 Å². The van der Waals surface area contributed by atoms with Crippen molar-refractivity contribution in [3.8, 4) is 0 Å². The Morgan fingerprint density at radius 2 is 2.00 bits per heavy atom. The van der Waals surface area contributed by atoms with E-state index in [9.17, 15) is 0 Å². The van der Waals surface area contributed by atoms with Gasteiger partial charge in [-0.05, 0) is 51.7 Å². The summed E-state index contributed by atoms with van der Waals surface area (Å²) in [6, 6.07) is 0.700. The Hall–Kier alpha value is -0.120. The zero-order chi connectivity index (χ0) is 12.8. The molecule has 1 aliphatic rings. The molecule has 2 N–H and O–H groups in total. The molecule has 1 heterocycles. The van der Waals surface area contributed by atoms with Crippen molar-refractivity contribution in [2.24, 2.45) is 17.6 Å². The molecule has 1 aliphatic heterocycles. The lowest BCUT2D eigenvalue weighted by Crippen LogP contribution is -2.50. The van der Waals surface area contributed by atoms with Crippen LogP contribution in [-0.4, -0.2) is 55.6 Å². The number of nitrogens with two attached hydrogens (primary N) is 1. The Morgan fingerprint density at radius 3 is 2.53 bits per heavy atom. The number of hydrogen-bond acceptors (Lipinski definition) is 3. The van der Waals surface area contributed by atoms with E-state index in [1.54, 1.807) is 0 Å². The molecule has 1 fully saturated rings. The van der Waals surface area contributed by atoms with Crippen molar-refractivity contribution in [1.29, 1.82) is 0 Å². The molecule has 2 unspecified atom stereocenters. The fourth-order valence-electron chi connectivity index (χ4n) is 2.86. The van der Waals surface area contributed by atoms with Gasteiger partial charge in [-0.25, -0.2) is 0 Å². The van der Waals surface area contributed by atoms with Gasteiger partial charge in [0.2, 0.25) is 0 Å². The summed E-state index contributed by atoms with van der Waals surface area (Å²) in [7, 11) is 2.22. The van der Waals surface area contributed by atoms with Crippen molar-refractivity contribution >= 4 is 0 Å². The third kappa shape index (κ3) is 5.36. The third-order valence-electron chi connectivity index (χ3n) is 3.93. The molecule has 0 aliphatic carbocycles. The van der Waals surface area contributed by atoms with Crippen molar-refractivity contribution in [3.05, 3.63) is 0 Å². The average molecular weight is 241 g/mol. The maximum atomic E-state index is 5.87. The molecule has 2 atom stereocenters. The van der Waals surface area contributed by atoms with Gasteiger partial charge in [-0.15, -0.1) is 0 Å². The molecule has 0 amide bonds. The van der Waals surface area contributed by atoms with Gasteiger partial charge in [0.1, 0.15) is 0 Å². The Morgan fingerprint density at radius 1 is 1.29 bits per heavy atom. The molecule has 0 saturated carbocycles. The molecule has 3 nitrogen and oxygen atoms in total. The van der Waals surface area contributed by atoms with Gasteiger partial charge in [-0.3, -0.25) is 4.90 Å². The van der Waals surface area contributed by atoms with Gasteiger partial charge in [0.15, 0.2) is 0 Å². The first kappa shape index (κ1) is 14.9. The van der Waals surface area contributed by atoms with E-state index in [1.807, 2.05) is 0 Å². The number of hydrogen-bond donors (Lipinski definition) is 1. The lowest BCUT2D eigenvalue weighted by molar-refractivity contribution is 0.0935. The highest BCUT2D eigenvalue weighted by Gasteiger charge is 2.21. The highest BCUT2D eigenvalue weighted by Crippen LogP contribution is 2.16. The fourth-order valence-corrected chi connectivity index (χ4v) is 2.86. The summed E-state index contributed by atoms with van der Waals surface area (Å²) in [4.78, 5) is 5.05. The quantitative estimate of drug-likeness (QED) is 0.767. The molecule has 1 saturated heterocycles. The average Bonchev–Trinajstić information content (AvgIpc) is 2.25. The van der Waals surface area contributed by atoms with Crippen LogP contribution in [0.3, 0.4) is 0 Å². The second-order valence-corrected chi connectivity index (χ2v) is 6.17. The molecule has 17 heavy (non-hydrogen) atoms. The van der Waals surface area contributed by atoms with Gasteiger partial charge in [-0.2, -0.15) is 0 Å². The highest BCUT2D eigenvalue weighted by atomic mass is 15.3. The molecule has 3 heteroatoms. The Bertz CT molecular complexity index is 206. The van der Waals surface area contributed by atoms with E-state index in [-0.39, 0.29) is 0 Å². The van der Waals surface area contributed by atoms with Gasteiger partial charge in [-0.1, -0.05) is 13.8 Å². The summed E-state index contributed by atoms with van der Waals surface area (Å²) in [6.07, 6.45) is 2.54. The molecule has 0 spiro atoms. The molecular formula is C14H31N3. The van der Waals surface area contributed by atoms with Crippen molar-refractivity contribution in [1.82, 2.24) is 9.80 Å². The fraction of sp³-hybridized carbons (Fsp3) is 1.00. The standard InChI is InChI=1S/C14H31N3/c1-12(2)9-14(10-15)5-6-17-8-7-16(4)11-13(17)3/h12-14H,5-11,15H2,1-4H3. The Balaban J connectivity index is 2.28. The molecular weight excluding hydrogens is 210 g/mol. The minimum absolute atomic E-state index is 0.700. The van der Waals surface area contributed by atoms with Crippen LogP contribution in [0.15, 0.2) is 0 Å². The van der Waals surface area contributed by atoms with Crippen molar-refractivity contribution in [3.63, 3.8) is 0 Å². The van der Waals surface area contributed by atoms with Crippen molar-refractivity contribution in [2.45, 2.75) is 39.7 Å². The van der Waals surface area contributed by atoms with E-state index < -0.39 is 0 Å². The Kier molecular flexibility index (Phi) is 6.45. The van der Waals surface area contributed by atoms with Gasteiger partial charge in [0.05, 0.1) is 0 Å². The number of nitrogens with zero attached hydrogens (tertiary/aromatic N) is 2. The van der Waals surface area contributed by atoms with E-state index in [4.69, 9.17) is 5.73 Å². The molecule has 0 aromatic heterocycles. The number of piperazine rings is 1. The zero-order valence-electron chi connectivity index (χ0n) is 12.2. The van der Waals surface area contributed by atoms with Crippen LogP contribution < -0.4 is 5.73 Å². The number of likely N-dealkylation sites (N-methyl/N-ethyl adjacent to an activating group) is 1. The zero-order valence-corrected chi connectivity index (χ0v) is 12.2. The number of rotatable bonds is 6. The summed E-state index contributed by atoms with van der Waals surface area (Å²) in [5, 5.41) is 0. The van der Waals surface area contributed by atoms with Crippen LogP contribution in [0.1, 0.15) is 33.6 Å². The van der Waals surface area contributed by atoms with Crippen LogP contribution in [0.25, 0.3) is 0 Å². The SMILES string of the molecule is CC(C)CC(CN)CCN1CCN(C)CC1C. The normalized spacial score (nSPS) is 25.4. The van der Waals surface area contributed by atoms with Crippen molar-refractivity contribution in [2.75, 3.05) is 39.8 Å². The highest BCUT2D eigenvalue weighted by molar-refractivity contribution is 4.78. The summed E-state index contributed by atoms with van der Waals surface area (Å²) in [5.74, 6) is 1.48. The van der Waals surface area contributed by atoms with Gasteiger partial charge >= 0.3 is 0 Å². The van der Waals surface area contributed by atoms with Crippen LogP contribution >= 0.6 is 0 Å². The van der Waals surface area contributed by atoms with Crippen LogP contribution in [0.4, 0.5) is 0 Å². The first-order valence-electron chi connectivity index (χ1n) is 7.15. The van der Waals surface area contributed by atoms with Gasteiger partial charge < -0.3 is 10.6 Å². The first-order valence-corrected chi connectivity index (χ1v) is 7.15. The summed E-state index contributed by atoms with van der Waals surface area (Å²) in [5.41, 5.74) is 5.87. The molecule has 102 valence electrons. The van der Waals surface area contributed by atoms with Crippen molar-refractivity contribution < 1.29 is 0 Å². The smallest absolute Gasteiger partial charge is 0.0195 e. The second kappa shape index (κ2) is 7.34. The molecule has 0 radical (unpaired) electrons. The van der Waals surface area contributed by atoms with E-state index in [0.717, 1.165) is 12.5 Å². The third-order valence-corrected chi connectivity index (χ3v) is 3.93. The predicted molar refractivity (Wildman–Crippen MR) is 75.1 cm³/mol. The van der Waals surface area contributed by atoms with Crippen LogP contribution in [0, 0.1) is 11.8 Å². The maximum Gasteiger partial charge on any atom is 0.0195 e. The lowest BCUT2D eigenvalue weighted by Gasteiger charge is -2.38. The molecule has 0 bridgehead atoms. The summed E-state index contributed by atoms with van der Waals surface area (Å²) >= 11 is 0. The van der Waals surface area contributed by atoms with E-state index in [0.29, 0.717) is 12.0 Å². The van der Waals surface area contributed by atoms with E-state index in [1.165, 1.54) is 39.0 Å². The molecule has 0 aromatic carbocycles. The van der Waals surface area contributed by atoms with Crippen LogP contribution in [-0.2, 0) is 0 Å². The molecule has 0 aromatic rings. The van der Waals surface area contributed by atoms with Crippen LogP contribution in [0.5, 0.6) is 0 Å².